The Morgan fingerprint density at radius 2 is 1.51 bits per heavy atom. The molecule has 1 aromatic heterocycles. The summed E-state index contributed by atoms with van der Waals surface area (Å²) in [6.45, 7) is 16.6. The molecular formula is C45H47N3S. The van der Waals surface area contributed by atoms with Gasteiger partial charge in [-0.25, -0.2) is 9.98 Å². The number of fused-ring (bicyclic) bond motifs is 3. The third-order valence-electron chi connectivity index (χ3n) is 8.50. The van der Waals surface area contributed by atoms with E-state index in [2.05, 4.69) is 122 Å². The number of hydrogen-bond donors (Lipinski definition) is 0. The van der Waals surface area contributed by atoms with E-state index < -0.39 is 0 Å². The van der Waals surface area contributed by atoms with E-state index in [9.17, 15) is 0 Å². The number of aliphatic imine (C=N–C) groups is 3. The van der Waals surface area contributed by atoms with Crippen LogP contribution in [0.25, 0.3) is 52.8 Å². The van der Waals surface area contributed by atoms with Crippen molar-refractivity contribution in [2.24, 2.45) is 15.0 Å². The Bertz CT molecular complexity index is 2250. The average Bonchev–Trinajstić information content (AvgIpc) is 3.56. The summed E-state index contributed by atoms with van der Waals surface area (Å²) in [5, 5.41) is 7.98. The van der Waals surface area contributed by atoms with Crippen molar-refractivity contribution in [1.29, 1.82) is 0 Å². The van der Waals surface area contributed by atoms with Gasteiger partial charge in [-0.1, -0.05) is 126 Å². The van der Waals surface area contributed by atoms with Gasteiger partial charge in [-0.05, 0) is 95.4 Å². The van der Waals surface area contributed by atoms with Gasteiger partial charge in [0.15, 0.2) is 11.7 Å². The van der Waals surface area contributed by atoms with Crippen LogP contribution in [0.4, 0.5) is 0 Å². The molecule has 49 heavy (non-hydrogen) atoms. The van der Waals surface area contributed by atoms with Crippen LogP contribution in [0, 0.1) is 0 Å². The van der Waals surface area contributed by atoms with E-state index in [1.165, 1.54) is 52.9 Å². The fourth-order valence-corrected chi connectivity index (χ4v) is 7.57. The molecule has 5 aromatic carbocycles. The van der Waals surface area contributed by atoms with Crippen molar-refractivity contribution in [3.8, 4) is 11.1 Å². The number of amidine groups is 2. The van der Waals surface area contributed by atoms with Crippen molar-refractivity contribution in [2.45, 2.75) is 60.8 Å². The SMILES string of the molecule is C=NC(=NC(=NCC1=CC=CCC1)c1cccc(-c2ccc3c(c2)c2cccc4sc5cccc3c5c42)c1)C(/C=C\C)=C/CC.CC.CC. The van der Waals surface area contributed by atoms with E-state index >= 15 is 0 Å². The van der Waals surface area contributed by atoms with E-state index in [0.717, 1.165) is 36.0 Å². The second kappa shape index (κ2) is 16.9. The molecule has 0 fully saturated rings. The van der Waals surface area contributed by atoms with Crippen molar-refractivity contribution in [3.63, 3.8) is 0 Å². The van der Waals surface area contributed by atoms with Gasteiger partial charge in [0.1, 0.15) is 0 Å². The van der Waals surface area contributed by atoms with Crippen molar-refractivity contribution >= 4 is 71.4 Å². The maximum absolute atomic E-state index is 5.07. The number of thiophene rings is 1. The predicted octanol–water partition coefficient (Wildman–Crippen LogP) is 13.6. The molecule has 0 spiro atoms. The summed E-state index contributed by atoms with van der Waals surface area (Å²) in [6, 6.07) is 28.9. The molecule has 7 rings (SSSR count). The van der Waals surface area contributed by atoms with Crippen LogP contribution in [0.1, 0.15) is 66.4 Å². The molecule has 0 amide bonds. The first-order valence-corrected chi connectivity index (χ1v) is 18.5. The topological polar surface area (TPSA) is 37.1 Å². The lowest BCUT2D eigenvalue weighted by Gasteiger charge is -2.12. The lowest BCUT2D eigenvalue weighted by Crippen LogP contribution is -2.07. The van der Waals surface area contributed by atoms with Crippen molar-refractivity contribution < 1.29 is 0 Å². The number of hydrogen-bond acceptors (Lipinski definition) is 2. The van der Waals surface area contributed by atoms with Gasteiger partial charge in [-0.3, -0.25) is 4.99 Å². The summed E-state index contributed by atoms with van der Waals surface area (Å²) >= 11 is 1.88. The van der Waals surface area contributed by atoms with Crippen LogP contribution in [-0.2, 0) is 0 Å². The molecule has 0 bridgehead atoms. The van der Waals surface area contributed by atoms with Crippen LogP contribution in [0.5, 0.6) is 0 Å². The summed E-state index contributed by atoms with van der Waals surface area (Å²) in [5.74, 6) is 1.25. The fourth-order valence-electron chi connectivity index (χ4n) is 6.41. The van der Waals surface area contributed by atoms with E-state index in [1.54, 1.807) is 0 Å². The molecule has 0 N–H and O–H groups in total. The highest BCUT2D eigenvalue weighted by Crippen LogP contribution is 2.45. The second-order valence-electron chi connectivity index (χ2n) is 11.4. The van der Waals surface area contributed by atoms with Crippen LogP contribution in [0.3, 0.4) is 0 Å². The van der Waals surface area contributed by atoms with E-state index in [4.69, 9.17) is 9.98 Å². The summed E-state index contributed by atoms with van der Waals surface area (Å²) in [5.41, 5.74) is 5.51. The first-order chi connectivity index (χ1) is 24.2. The van der Waals surface area contributed by atoms with E-state index in [0.29, 0.717) is 18.2 Å². The molecule has 0 aliphatic heterocycles. The molecular weight excluding hydrogens is 615 g/mol. The molecule has 1 aliphatic rings. The summed E-state index contributed by atoms with van der Waals surface area (Å²) in [4.78, 5) is 14.4. The Labute approximate surface area is 295 Å². The standard InChI is InChI=1S/C41H35N3S.2C2H6/c1-4-12-28(13-5-2)40(42-3)44-41(43-26-27-14-7-6-8-15-27)31-17-9-16-29(24-31)30-22-23-32-33-18-10-20-36-38(33)39-34(35(32)25-30)19-11-21-37(39)45-36;2*1-2/h4,6-7,9-14,16-25H,3,5,8,15,26H2,1-2H3;2*1-2H3/b12-4-,28-13+,43-41?,44-40?;;. The Hall–Kier alpha value is -4.93. The van der Waals surface area contributed by atoms with Gasteiger partial charge in [0.25, 0.3) is 0 Å². The smallest absolute Gasteiger partial charge is 0.160 e. The Morgan fingerprint density at radius 3 is 2.16 bits per heavy atom. The highest BCUT2D eigenvalue weighted by molar-refractivity contribution is 7.26. The maximum atomic E-state index is 5.07. The first-order valence-electron chi connectivity index (χ1n) is 17.7. The predicted molar refractivity (Wildman–Crippen MR) is 222 cm³/mol. The van der Waals surface area contributed by atoms with Gasteiger partial charge in [-0.15, -0.1) is 11.3 Å². The highest BCUT2D eigenvalue weighted by Gasteiger charge is 2.16. The third-order valence-corrected chi connectivity index (χ3v) is 9.62. The molecule has 0 unspecified atom stereocenters. The van der Waals surface area contributed by atoms with Gasteiger partial charge >= 0.3 is 0 Å². The van der Waals surface area contributed by atoms with Crippen molar-refractivity contribution in [2.75, 3.05) is 6.54 Å². The molecule has 0 radical (unpaired) electrons. The number of benzene rings is 5. The first kappa shape index (κ1) is 35.4. The van der Waals surface area contributed by atoms with Crippen LogP contribution < -0.4 is 0 Å². The fraction of sp³-hybridized carbons (Fsp3) is 0.222. The lowest BCUT2D eigenvalue weighted by molar-refractivity contribution is 0.915. The zero-order chi connectivity index (χ0) is 34.8. The molecule has 0 atom stereocenters. The van der Waals surface area contributed by atoms with Crippen LogP contribution in [0.15, 0.2) is 141 Å². The number of nitrogens with zero attached hydrogens (tertiary/aromatic N) is 3. The van der Waals surface area contributed by atoms with Crippen molar-refractivity contribution in [3.05, 3.63) is 132 Å². The minimum Gasteiger partial charge on any atom is -0.262 e. The molecule has 0 saturated heterocycles. The number of rotatable bonds is 7. The third kappa shape index (κ3) is 7.40. The van der Waals surface area contributed by atoms with Gasteiger partial charge in [0.05, 0.1) is 6.54 Å². The van der Waals surface area contributed by atoms with Gasteiger partial charge in [0.2, 0.25) is 0 Å². The Morgan fingerprint density at radius 1 is 0.816 bits per heavy atom. The van der Waals surface area contributed by atoms with Crippen LogP contribution >= 0.6 is 11.3 Å². The molecule has 1 aliphatic carbocycles. The average molecular weight is 662 g/mol. The monoisotopic (exact) mass is 661 g/mol. The van der Waals surface area contributed by atoms with Gasteiger partial charge in [-0.2, -0.15) is 0 Å². The molecule has 4 heteroatoms. The highest BCUT2D eigenvalue weighted by atomic mass is 32.1. The molecule has 248 valence electrons. The van der Waals surface area contributed by atoms with Gasteiger partial charge in [0, 0.05) is 31.3 Å². The largest absolute Gasteiger partial charge is 0.262 e. The molecule has 0 saturated carbocycles. The lowest BCUT2D eigenvalue weighted by atomic mass is 9.92. The molecule has 6 aromatic rings. The normalized spacial score (nSPS) is 13.9. The summed E-state index contributed by atoms with van der Waals surface area (Å²) in [7, 11) is 0. The van der Waals surface area contributed by atoms with Crippen molar-refractivity contribution in [1.82, 2.24) is 0 Å². The van der Waals surface area contributed by atoms with Crippen LogP contribution in [-0.4, -0.2) is 24.9 Å². The van der Waals surface area contributed by atoms with E-state index in [1.807, 2.05) is 58.1 Å². The maximum Gasteiger partial charge on any atom is 0.160 e. The number of allylic oxidation sites excluding steroid dienone is 5. The van der Waals surface area contributed by atoms with Gasteiger partial charge < -0.3 is 0 Å². The zero-order valence-electron chi connectivity index (χ0n) is 29.8. The zero-order valence-corrected chi connectivity index (χ0v) is 30.6. The molecule has 3 nitrogen and oxygen atoms in total. The quantitative estimate of drug-likeness (QED) is 0.0707. The Kier molecular flexibility index (Phi) is 12.2. The second-order valence-corrected chi connectivity index (χ2v) is 12.5. The summed E-state index contributed by atoms with van der Waals surface area (Å²) < 4.78 is 2.70. The minimum absolute atomic E-state index is 0.583. The minimum atomic E-state index is 0.583. The summed E-state index contributed by atoms with van der Waals surface area (Å²) in [6.07, 6.45) is 15.6. The molecule has 1 heterocycles. The Balaban J connectivity index is 0.00000113. The van der Waals surface area contributed by atoms with Crippen LogP contribution in [0.2, 0.25) is 0 Å². The van der Waals surface area contributed by atoms with E-state index in [-0.39, 0.29) is 0 Å².